The van der Waals surface area contributed by atoms with Gasteiger partial charge in [0.15, 0.2) is 11.6 Å². The summed E-state index contributed by atoms with van der Waals surface area (Å²) >= 11 is 0. The number of likely N-dealkylation sites (tertiary alicyclic amines) is 1. The van der Waals surface area contributed by atoms with E-state index in [1.54, 1.807) is 6.07 Å². The first-order valence-corrected chi connectivity index (χ1v) is 14.7. The van der Waals surface area contributed by atoms with Gasteiger partial charge in [0.05, 0.1) is 17.4 Å². The number of aromatic nitrogens is 5. The van der Waals surface area contributed by atoms with Gasteiger partial charge in [-0.2, -0.15) is 0 Å². The minimum Gasteiger partial charge on any atom is -0.411 e. The quantitative estimate of drug-likeness (QED) is 0.232. The Bertz CT molecular complexity index is 1690. The van der Waals surface area contributed by atoms with Crippen LogP contribution < -0.4 is 5.32 Å². The molecule has 0 unspecified atom stereocenters. The molecule has 1 aromatic carbocycles. The monoisotopic (exact) mass is 589 g/mol. The number of benzene rings is 1. The van der Waals surface area contributed by atoms with Gasteiger partial charge < -0.3 is 20.0 Å². The second-order valence-electron chi connectivity index (χ2n) is 12.3. The van der Waals surface area contributed by atoms with E-state index in [1.165, 1.54) is 11.6 Å². The third-order valence-corrected chi connectivity index (χ3v) is 8.24. The molecule has 2 aliphatic heterocycles. The smallest absolute Gasteiger partial charge is 0.229 e. The van der Waals surface area contributed by atoms with Crippen molar-refractivity contribution >= 4 is 28.5 Å². The van der Waals surface area contributed by atoms with Crippen LogP contribution in [0.15, 0.2) is 35.6 Å². The van der Waals surface area contributed by atoms with E-state index in [-0.39, 0.29) is 22.7 Å². The number of hydrogen-bond acceptors (Lipinski definition) is 9. The lowest BCUT2D eigenvalue weighted by molar-refractivity contribution is 0.190. The van der Waals surface area contributed by atoms with Gasteiger partial charge >= 0.3 is 0 Å². The van der Waals surface area contributed by atoms with Crippen molar-refractivity contribution in [2.24, 2.45) is 5.16 Å². The largest absolute Gasteiger partial charge is 0.411 e. The van der Waals surface area contributed by atoms with Gasteiger partial charge in [-0.1, -0.05) is 11.2 Å². The molecule has 5 heterocycles. The van der Waals surface area contributed by atoms with Crippen molar-refractivity contribution < 1.29 is 14.0 Å². The first-order valence-electron chi connectivity index (χ1n) is 14.7. The van der Waals surface area contributed by atoms with E-state index in [0.717, 1.165) is 76.1 Å². The van der Waals surface area contributed by atoms with Crippen LogP contribution in [-0.2, 0) is 18.5 Å². The number of anilines is 2. The first kappa shape index (κ1) is 29.1. The van der Waals surface area contributed by atoms with Gasteiger partial charge in [-0.15, -0.1) is 0 Å². The van der Waals surface area contributed by atoms with Gasteiger partial charge in [0.2, 0.25) is 5.95 Å². The lowest BCUT2D eigenvalue weighted by Crippen LogP contribution is -2.41. The number of imidazole rings is 1. The van der Waals surface area contributed by atoms with Gasteiger partial charge in [-0.3, -0.25) is 4.90 Å². The second-order valence-corrected chi connectivity index (χ2v) is 12.3. The van der Waals surface area contributed by atoms with Crippen LogP contribution in [0.1, 0.15) is 50.7 Å². The highest BCUT2D eigenvalue weighted by atomic mass is 19.1. The standard InChI is InChI=1S/C31H37F2N9O/c1-19-35-29-23(32)15-21(16-26(29)42(19)31(2,3)4)28-24(33)17-34-30(38-28)37-27-6-5-20-18-41(12-9-25(20)36-27)14-13-40-10-7-22(39-43)8-11-40/h5-6,15-17,43H,7-14,18H2,1-4H3,(H,34,36,37,38). The number of nitrogens with zero attached hydrogens (tertiary/aromatic N) is 8. The molecule has 0 radical (unpaired) electrons. The number of nitrogens with one attached hydrogen (secondary N) is 1. The van der Waals surface area contributed by atoms with Gasteiger partial charge in [-0.25, -0.2) is 28.7 Å². The van der Waals surface area contributed by atoms with Crippen molar-refractivity contribution in [2.75, 3.05) is 38.0 Å². The molecule has 0 atom stereocenters. The van der Waals surface area contributed by atoms with Crippen LogP contribution in [0.25, 0.3) is 22.3 Å². The molecule has 10 nitrogen and oxygen atoms in total. The van der Waals surface area contributed by atoms with Gasteiger partial charge in [0.25, 0.3) is 0 Å². The van der Waals surface area contributed by atoms with Crippen molar-refractivity contribution in [3.05, 3.63) is 59.2 Å². The van der Waals surface area contributed by atoms with Gasteiger partial charge in [0.1, 0.15) is 22.9 Å². The maximum Gasteiger partial charge on any atom is 0.229 e. The maximum atomic E-state index is 15.2. The lowest BCUT2D eigenvalue weighted by atomic mass is 10.1. The zero-order chi connectivity index (χ0) is 30.3. The van der Waals surface area contributed by atoms with E-state index >= 15 is 8.78 Å². The Hall–Kier alpha value is -4.03. The molecule has 6 rings (SSSR count). The molecule has 12 heteroatoms. The summed E-state index contributed by atoms with van der Waals surface area (Å²) < 4.78 is 32.1. The second kappa shape index (κ2) is 11.6. The normalized spacial score (nSPS) is 16.5. The summed E-state index contributed by atoms with van der Waals surface area (Å²) in [5.74, 6) is 0.256. The summed E-state index contributed by atoms with van der Waals surface area (Å²) in [5, 5.41) is 15.4. The van der Waals surface area contributed by atoms with Crippen LogP contribution in [0.4, 0.5) is 20.5 Å². The molecule has 43 heavy (non-hydrogen) atoms. The van der Waals surface area contributed by atoms with E-state index in [0.29, 0.717) is 22.7 Å². The SMILES string of the molecule is Cc1nc2c(F)cc(-c3nc(Nc4ccc5c(n4)CCN(CCN4CCC(=NO)CC4)C5)ncc3F)cc2n1C(C)(C)C. The summed E-state index contributed by atoms with van der Waals surface area (Å²) in [6.45, 7) is 13.4. The summed E-state index contributed by atoms with van der Waals surface area (Å²) in [6.07, 6.45) is 3.57. The zero-order valence-electron chi connectivity index (χ0n) is 25.0. The summed E-state index contributed by atoms with van der Waals surface area (Å²) in [5.41, 5.74) is 3.88. The molecule has 1 saturated heterocycles. The molecule has 0 saturated carbocycles. The van der Waals surface area contributed by atoms with Crippen molar-refractivity contribution in [1.82, 2.24) is 34.3 Å². The van der Waals surface area contributed by atoms with Crippen molar-refractivity contribution in [2.45, 2.75) is 59.0 Å². The fourth-order valence-corrected chi connectivity index (χ4v) is 6.13. The van der Waals surface area contributed by atoms with Gasteiger partial charge in [-0.05, 0) is 51.5 Å². The van der Waals surface area contributed by atoms with E-state index in [2.05, 4.69) is 41.3 Å². The molecule has 0 amide bonds. The third kappa shape index (κ3) is 6.07. The predicted molar refractivity (Wildman–Crippen MR) is 162 cm³/mol. The van der Waals surface area contributed by atoms with Crippen LogP contribution in [-0.4, -0.2) is 77.9 Å². The van der Waals surface area contributed by atoms with Crippen LogP contribution in [0.2, 0.25) is 0 Å². The van der Waals surface area contributed by atoms with Crippen LogP contribution in [0.3, 0.4) is 0 Å². The number of halogens is 2. The highest BCUT2D eigenvalue weighted by Crippen LogP contribution is 2.32. The molecule has 0 aliphatic carbocycles. The number of oxime groups is 1. The van der Waals surface area contributed by atoms with Crippen molar-refractivity contribution in [1.29, 1.82) is 0 Å². The molecular formula is C31H37F2N9O. The molecule has 0 bridgehead atoms. The number of piperidine rings is 1. The maximum absolute atomic E-state index is 15.2. The Morgan fingerprint density at radius 1 is 0.953 bits per heavy atom. The Morgan fingerprint density at radius 2 is 1.70 bits per heavy atom. The van der Waals surface area contributed by atoms with Crippen molar-refractivity contribution in [3.63, 3.8) is 0 Å². The molecule has 4 aromatic rings. The van der Waals surface area contributed by atoms with Crippen LogP contribution in [0, 0.1) is 18.6 Å². The third-order valence-electron chi connectivity index (χ3n) is 8.24. The van der Waals surface area contributed by atoms with E-state index in [4.69, 9.17) is 10.2 Å². The first-order chi connectivity index (χ1) is 20.6. The minimum atomic E-state index is -0.646. The van der Waals surface area contributed by atoms with Crippen LogP contribution >= 0.6 is 0 Å². The lowest BCUT2D eigenvalue weighted by Gasteiger charge is -2.32. The highest BCUT2D eigenvalue weighted by Gasteiger charge is 2.24. The molecule has 2 N–H and O–H groups in total. The molecule has 3 aromatic heterocycles. The van der Waals surface area contributed by atoms with Crippen molar-refractivity contribution in [3.8, 4) is 11.3 Å². The van der Waals surface area contributed by atoms with E-state index in [9.17, 15) is 0 Å². The number of rotatable bonds is 6. The molecule has 2 aliphatic rings. The topological polar surface area (TPSA) is 108 Å². The zero-order valence-corrected chi connectivity index (χ0v) is 25.0. The fourth-order valence-electron chi connectivity index (χ4n) is 6.13. The Kier molecular flexibility index (Phi) is 7.82. The van der Waals surface area contributed by atoms with Gasteiger partial charge in [0, 0.05) is 75.3 Å². The Balaban J connectivity index is 1.16. The Labute approximate surface area is 249 Å². The summed E-state index contributed by atoms with van der Waals surface area (Å²) in [7, 11) is 0. The number of aryl methyl sites for hydroxylation is 1. The summed E-state index contributed by atoms with van der Waals surface area (Å²) in [4.78, 5) is 22.6. The average molecular weight is 590 g/mol. The van der Waals surface area contributed by atoms with E-state index < -0.39 is 11.6 Å². The number of hydrogen-bond donors (Lipinski definition) is 2. The molecular weight excluding hydrogens is 552 g/mol. The predicted octanol–water partition coefficient (Wildman–Crippen LogP) is 5.26. The summed E-state index contributed by atoms with van der Waals surface area (Å²) in [6, 6.07) is 6.94. The average Bonchev–Trinajstić information content (AvgIpc) is 3.34. The fraction of sp³-hybridized carbons (Fsp3) is 0.452. The Morgan fingerprint density at radius 3 is 2.44 bits per heavy atom. The van der Waals surface area contributed by atoms with Crippen LogP contribution in [0.5, 0.6) is 0 Å². The number of pyridine rings is 1. The molecule has 0 spiro atoms. The molecule has 1 fully saturated rings. The number of fused-ring (bicyclic) bond motifs is 2. The minimum absolute atomic E-state index is 0.000195. The van der Waals surface area contributed by atoms with E-state index in [1.807, 2.05) is 38.3 Å². The molecule has 226 valence electrons. The highest BCUT2D eigenvalue weighted by molar-refractivity contribution is 5.85.